The van der Waals surface area contributed by atoms with Crippen molar-refractivity contribution in [3.05, 3.63) is 22.7 Å². The van der Waals surface area contributed by atoms with Crippen LogP contribution < -0.4 is 10.9 Å². The van der Waals surface area contributed by atoms with Crippen LogP contribution in [0.25, 0.3) is 0 Å². The first-order chi connectivity index (χ1) is 9.04. The Morgan fingerprint density at radius 3 is 2.95 bits per heavy atom. The maximum Gasteiger partial charge on any atom is 0.293 e. The van der Waals surface area contributed by atoms with Gasteiger partial charge in [0, 0.05) is 25.0 Å². The molecule has 4 heteroatoms. The zero-order valence-electron chi connectivity index (χ0n) is 12.3. The van der Waals surface area contributed by atoms with Crippen LogP contribution in [-0.2, 0) is 6.54 Å². The van der Waals surface area contributed by atoms with Crippen LogP contribution >= 0.6 is 0 Å². The normalized spacial score (nSPS) is 22.2. The van der Waals surface area contributed by atoms with Crippen LogP contribution in [-0.4, -0.2) is 15.6 Å². The highest BCUT2D eigenvalue weighted by atomic mass is 16.1. The number of rotatable bonds is 4. The van der Waals surface area contributed by atoms with Gasteiger partial charge in [-0.3, -0.25) is 4.79 Å². The highest BCUT2D eigenvalue weighted by molar-refractivity contribution is 5.33. The summed E-state index contributed by atoms with van der Waals surface area (Å²) in [6.45, 7) is 7.38. The molecule has 19 heavy (non-hydrogen) atoms. The summed E-state index contributed by atoms with van der Waals surface area (Å²) in [5.41, 5.74) is 0.239. The molecule has 0 radical (unpaired) electrons. The van der Waals surface area contributed by atoms with E-state index in [1.54, 1.807) is 17.0 Å². The first kappa shape index (κ1) is 14.1. The molecule has 1 fully saturated rings. The van der Waals surface area contributed by atoms with Crippen molar-refractivity contribution in [2.75, 3.05) is 5.32 Å². The van der Waals surface area contributed by atoms with Crippen molar-refractivity contribution in [3.63, 3.8) is 0 Å². The summed E-state index contributed by atoms with van der Waals surface area (Å²) < 4.78 is 1.74. The van der Waals surface area contributed by atoms with Gasteiger partial charge in [0.15, 0.2) is 5.82 Å². The Morgan fingerprint density at radius 1 is 1.47 bits per heavy atom. The van der Waals surface area contributed by atoms with Gasteiger partial charge in [-0.15, -0.1) is 0 Å². The first-order valence-electron chi connectivity index (χ1n) is 7.36. The maximum atomic E-state index is 12.3. The van der Waals surface area contributed by atoms with Crippen molar-refractivity contribution in [1.29, 1.82) is 0 Å². The van der Waals surface area contributed by atoms with Crippen LogP contribution in [0.1, 0.15) is 52.9 Å². The maximum absolute atomic E-state index is 12.3. The van der Waals surface area contributed by atoms with E-state index in [2.05, 4.69) is 31.1 Å². The van der Waals surface area contributed by atoms with Crippen molar-refractivity contribution in [2.24, 2.45) is 5.41 Å². The smallest absolute Gasteiger partial charge is 0.293 e. The van der Waals surface area contributed by atoms with E-state index in [-0.39, 0.29) is 11.0 Å². The minimum absolute atomic E-state index is 0.00530. The van der Waals surface area contributed by atoms with Crippen LogP contribution in [0.15, 0.2) is 17.2 Å². The summed E-state index contributed by atoms with van der Waals surface area (Å²) in [6, 6.07) is 0.346. The Bertz CT molecular complexity index is 479. The van der Waals surface area contributed by atoms with Gasteiger partial charge in [0.1, 0.15) is 0 Å². The van der Waals surface area contributed by atoms with Gasteiger partial charge in [-0.25, -0.2) is 4.98 Å². The summed E-state index contributed by atoms with van der Waals surface area (Å²) >= 11 is 0. The molecule has 1 saturated carbocycles. The third-order valence-electron chi connectivity index (χ3n) is 4.20. The SMILES string of the molecule is CCCn1ccnc(NC2CCCCC2(C)C)c1=O. The average molecular weight is 263 g/mol. The van der Waals surface area contributed by atoms with Crippen LogP contribution in [0, 0.1) is 5.41 Å². The third kappa shape index (κ3) is 3.17. The Labute approximate surface area is 115 Å². The largest absolute Gasteiger partial charge is 0.362 e. The van der Waals surface area contributed by atoms with Crippen LogP contribution in [0.3, 0.4) is 0 Å². The minimum Gasteiger partial charge on any atom is -0.362 e. The number of hydrogen-bond donors (Lipinski definition) is 1. The molecule has 0 aromatic carbocycles. The zero-order chi connectivity index (χ0) is 13.9. The highest BCUT2D eigenvalue weighted by Crippen LogP contribution is 2.36. The molecule has 0 saturated heterocycles. The van der Waals surface area contributed by atoms with Gasteiger partial charge in [0.25, 0.3) is 5.56 Å². The molecule has 0 aliphatic heterocycles. The summed E-state index contributed by atoms with van der Waals surface area (Å²) in [6.07, 6.45) is 9.29. The lowest BCUT2D eigenvalue weighted by Crippen LogP contribution is -2.41. The lowest BCUT2D eigenvalue weighted by Gasteiger charge is -2.39. The lowest BCUT2D eigenvalue weighted by atomic mass is 9.73. The Morgan fingerprint density at radius 2 is 2.26 bits per heavy atom. The van der Waals surface area contributed by atoms with Gasteiger partial charge < -0.3 is 9.88 Å². The fraction of sp³-hybridized carbons (Fsp3) is 0.733. The topological polar surface area (TPSA) is 46.9 Å². The van der Waals surface area contributed by atoms with Crippen LogP contribution in [0.2, 0.25) is 0 Å². The van der Waals surface area contributed by atoms with Crippen molar-refractivity contribution in [2.45, 2.75) is 65.5 Å². The molecule has 106 valence electrons. The lowest BCUT2D eigenvalue weighted by molar-refractivity contribution is 0.216. The summed E-state index contributed by atoms with van der Waals surface area (Å²) in [5.74, 6) is 0.510. The first-order valence-corrected chi connectivity index (χ1v) is 7.36. The van der Waals surface area contributed by atoms with E-state index in [4.69, 9.17) is 0 Å². The van der Waals surface area contributed by atoms with Crippen LogP contribution in [0.4, 0.5) is 5.82 Å². The van der Waals surface area contributed by atoms with E-state index in [0.29, 0.717) is 11.9 Å². The van der Waals surface area contributed by atoms with Gasteiger partial charge in [0.2, 0.25) is 0 Å². The van der Waals surface area contributed by atoms with Crippen LogP contribution in [0.5, 0.6) is 0 Å². The summed E-state index contributed by atoms with van der Waals surface area (Å²) in [4.78, 5) is 16.5. The molecule has 1 aliphatic carbocycles. The monoisotopic (exact) mass is 263 g/mol. The number of anilines is 1. The fourth-order valence-electron chi connectivity index (χ4n) is 2.89. The molecule has 1 aliphatic rings. The number of aromatic nitrogens is 2. The van der Waals surface area contributed by atoms with Gasteiger partial charge in [-0.2, -0.15) is 0 Å². The predicted octanol–water partition coefficient (Wildman–Crippen LogP) is 3.03. The highest BCUT2D eigenvalue weighted by Gasteiger charge is 2.32. The zero-order valence-corrected chi connectivity index (χ0v) is 12.3. The van der Waals surface area contributed by atoms with Gasteiger partial charge >= 0.3 is 0 Å². The molecule has 0 bridgehead atoms. The van der Waals surface area contributed by atoms with Crippen molar-refractivity contribution in [1.82, 2.24) is 9.55 Å². The number of hydrogen-bond acceptors (Lipinski definition) is 3. The molecular formula is C15H25N3O. The molecule has 0 spiro atoms. The van der Waals surface area contributed by atoms with Crippen molar-refractivity contribution < 1.29 is 0 Å². The molecule has 1 heterocycles. The van der Waals surface area contributed by atoms with Crippen molar-refractivity contribution in [3.8, 4) is 0 Å². The Balaban J connectivity index is 2.19. The van der Waals surface area contributed by atoms with E-state index >= 15 is 0 Å². The fourth-order valence-corrected chi connectivity index (χ4v) is 2.89. The molecule has 0 amide bonds. The molecule has 1 N–H and O–H groups in total. The van der Waals surface area contributed by atoms with Gasteiger partial charge in [-0.05, 0) is 24.7 Å². The molecule has 2 rings (SSSR count). The second kappa shape index (κ2) is 5.76. The predicted molar refractivity (Wildman–Crippen MR) is 78.4 cm³/mol. The van der Waals surface area contributed by atoms with Crippen molar-refractivity contribution >= 4 is 5.82 Å². The average Bonchev–Trinajstić information content (AvgIpc) is 2.36. The standard InChI is InChI=1S/C15H25N3O/c1-4-10-18-11-9-16-13(14(18)19)17-12-7-5-6-8-15(12,2)3/h9,11-12H,4-8,10H2,1-3H3,(H,16,17). The van der Waals surface area contributed by atoms with E-state index in [1.165, 1.54) is 19.3 Å². The number of aryl methyl sites for hydroxylation is 1. The second-order valence-electron chi connectivity index (χ2n) is 6.21. The van der Waals surface area contributed by atoms with Gasteiger partial charge in [-0.1, -0.05) is 33.6 Å². The molecule has 1 unspecified atom stereocenters. The summed E-state index contributed by atoms with van der Waals surface area (Å²) in [5, 5.41) is 3.39. The van der Waals surface area contributed by atoms with E-state index in [1.807, 2.05) is 0 Å². The second-order valence-corrected chi connectivity index (χ2v) is 6.21. The van der Waals surface area contributed by atoms with E-state index < -0.39 is 0 Å². The minimum atomic E-state index is 0.00530. The van der Waals surface area contributed by atoms with Gasteiger partial charge in [0.05, 0.1) is 0 Å². The molecular weight excluding hydrogens is 238 g/mol. The third-order valence-corrected chi connectivity index (χ3v) is 4.20. The number of nitrogens with one attached hydrogen (secondary N) is 1. The molecule has 4 nitrogen and oxygen atoms in total. The van der Waals surface area contributed by atoms with E-state index in [9.17, 15) is 4.79 Å². The number of nitrogens with zero attached hydrogens (tertiary/aromatic N) is 2. The molecule has 1 aromatic heterocycles. The summed E-state index contributed by atoms with van der Waals surface area (Å²) in [7, 11) is 0. The Hall–Kier alpha value is -1.32. The quantitative estimate of drug-likeness (QED) is 0.908. The molecule has 1 atom stereocenters. The molecule has 1 aromatic rings. The Kier molecular flexibility index (Phi) is 4.27. The van der Waals surface area contributed by atoms with E-state index in [0.717, 1.165) is 19.4 Å².